The van der Waals surface area contributed by atoms with E-state index in [1.165, 1.54) is 56.9 Å². The minimum absolute atomic E-state index is 0.00785. The minimum atomic E-state index is -0.266. The van der Waals surface area contributed by atoms with Gasteiger partial charge in [0.25, 0.3) is 0 Å². The molecule has 36 heavy (non-hydrogen) atoms. The summed E-state index contributed by atoms with van der Waals surface area (Å²) in [5.74, 6) is 2.47. The van der Waals surface area contributed by atoms with E-state index in [2.05, 4.69) is 24.8 Å². The predicted molar refractivity (Wildman–Crippen MR) is 140 cm³/mol. The number of likely N-dealkylation sites (tertiary alicyclic amines) is 1. The molecule has 5 heteroatoms. The highest BCUT2D eigenvalue weighted by molar-refractivity contribution is 5.71. The molecular weight excluding hydrogens is 450 g/mol. The molecule has 1 aromatic heterocycles. The SMILES string of the molecule is C[C@]12CCC(OC(=O)CN3CCCCC3)C[C@H]1CC[C@H]1C3=CC[C@H](c4ccc(=O)oc4)[C@@]3(C)CC[C@@H]12. The van der Waals surface area contributed by atoms with Crippen LogP contribution in [0, 0.1) is 28.6 Å². The van der Waals surface area contributed by atoms with Crippen LogP contribution in [0.5, 0.6) is 0 Å². The molecule has 1 saturated heterocycles. The zero-order valence-corrected chi connectivity index (χ0v) is 22.2. The smallest absolute Gasteiger partial charge is 0.335 e. The topological polar surface area (TPSA) is 59.8 Å². The first kappa shape index (κ1) is 24.5. The fourth-order valence-corrected chi connectivity index (χ4v) is 9.25. The lowest BCUT2D eigenvalue weighted by Gasteiger charge is -2.59. The van der Waals surface area contributed by atoms with Gasteiger partial charge in [-0.2, -0.15) is 0 Å². The Labute approximate surface area is 215 Å². The number of ether oxygens (including phenoxy) is 1. The Bertz CT molecular complexity index is 1050. The van der Waals surface area contributed by atoms with Gasteiger partial charge in [-0.1, -0.05) is 31.9 Å². The molecule has 1 aromatic rings. The molecule has 0 radical (unpaired) electrons. The average Bonchev–Trinajstić information content (AvgIpc) is 3.22. The van der Waals surface area contributed by atoms with Crippen LogP contribution in [0.15, 0.2) is 39.3 Å². The van der Waals surface area contributed by atoms with Gasteiger partial charge in [-0.3, -0.25) is 9.69 Å². The molecule has 1 unspecified atom stereocenters. The number of carbonyl (C=O) groups excluding carboxylic acids is 1. The van der Waals surface area contributed by atoms with Gasteiger partial charge in [0, 0.05) is 6.07 Å². The molecule has 0 spiro atoms. The Morgan fingerprint density at radius 2 is 1.92 bits per heavy atom. The highest BCUT2D eigenvalue weighted by Gasteiger charge is 2.58. The summed E-state index contributed by atoms with van der Waals surface area (Å²) in [6, 6.07) is 3.56. The maximum Gasteiger partial charge on any atom is 0.335 e. The van der Waals surface area contributed by atoms with E-state index >= 15 is 0 Å². The van der Waals surface area contributed by atoms with Crippen molar-refractivity contribution in [1.29, 1.82) is 0 Å². The van der Waals surface area contributed by atoms with E-state index in [4.69, 9.17) is 9.15 Å². The molecule has 2 heterocycles. The number of nitrogens with zero attached hydrogens (tertiary/aromatic N) is 1. The van der Waals surface area contributed by atoms with Crippen molar-refractivity contribution >= 4 is 5.97 Å². The van der Waals surface area contributed by atoms with Crippen LogP contribution in [0.3, 0.4) is 0 Å². The Morgan fingerprint density at radius 1 is 1.08 bits per heavy atom. The summed E-state index contributed by atoms with van der Waals surface area (Å²) in [6.45, 7) is 7.57. The van der Waals surface area contributed by atoms with Crippen LogP contribution in [0.2, 0.25) is 0 Å². The quantitative estimate of drug-likeness (QED) is 0.376. The largest absolute Gasteiger partial charge is 0.461 e. The summed E-state index contributed by atoms with van der Waals surface area (Å²) >= 11 is 0. The Morgan fingerprint density at radius 3 is 2.69 bits per heavy atom. The third-order valence-electron chi connectivity index (χ3n) is 11.2. The van der Waals surface area contributed by atoms with E-state index in [0.717, 1.165) is 38.3 Å². The first-order valence-corrected chi connectivity index (χ1v) is 14.6. The molecule has 6 rings (SSSR count). The number of rotatable bonds is 4. The number of carbonyl (C=O) groups is 1. The number of piperidine rings is 1. The molecule has 0 amide bonds. The summed E-state index contributed by atoms with van der Waals surface area (Å²) in [5, 5.41) is 0. The molecule has 3 saturated carbocycles. The van der Waals surface area contributed by atoms with E-state index < -0.39 is 0 Å². The van der Waals surface area contributed by atoms with E-state index in [1.54, 1.807) is 17.9 Å². The summed E-state index contributed by atoms with van der Waals surface area (Å²) < 4.78 is 11.3. The van der Waals surface area contributed by atoms with Crippen LogP contribution in [0.4, 0.5) is 0 Å². The predicted octanol–water partition coefficient (Wildman–Crippen LogP) is 6.08. The normalized spacial score (nSPS) is 40.5. The third-order valence-corrected chi connectivity index (χ3v) is 11.2. The van der Waals surface area contributed by atoms with Crippen molar-refractivity contribution in [3.63, 3.8) is 0 Å². The molecule has 0 bridgehead atoms. The molecule has 5 nitrogen and oxygen atoms in total. The van der Waals surface area contributed by atoms with Crippen LogP contribution in [0.25, 0.3) is 0 Å². The van der Waals surface area contributed by atoms with Crippen LogP contribution in [-0.2, 0) is 9.53 Å². The van der Waals surface area contributed by atoms with Gasteiger partial charge in [0.15, 0.2) is 0 Å². The summed E-state index contributed by atoms with van der Waals surface area (Å²) in [4.78, 5) is 26.5. The monoisotopic (exact) mass is 493 g/mol. The second kappa shape index (κ2) is 9.45. The fraction of sp³-hybridized carbons (Fsp3) is 0.742. The van der Waals surface area contributed by atoms with Crippen molar-refractivity contribution in [2.75, 3.05) is 19.6 Å². The second-order valence-corrected chi connectivity index (χ2v) is 13.0. The van der Waals surface area contributed by atoms with Gasteiger partial charge in [0.1, 0.15) is 6.10 Å². The van der Waals surface area contributed by atoms with Gasteiger partial charge in [0.05, 0.1) is 12.8 Å². The van der Waals surface area contributed by atoms with Gasteiger partial charge in [-0.25, -0.2) is 4.79 Å². The van der Waals surface area contributed by atoms with Crippen molar-refractivity contribution in [3.8, 4) is 0 Å². The third kappa shape index (κ3) is 4.19. The molecule has 7 atom stereocenters. The highest BCUT2D eigenvalue weighted by Crippen LogP contribution is 2.67. The van der Waals surface area contributed by atoms with Gasteiger partial charge >= 0.3 is 11.6 Å². The summed E-state index contributed by atoms with van der Waals surface area (Å²) in [6.07, 6.45) is 17.3. The van der Waals surface area contributed by atoms with Crippen molar-refractivity contribution in [3.05, 3.63) is 46.0 Å². The lowest BCUT2D eigenvalue weighted by Crippen LogP contribution is -2.52. The molecule has 1 aliphatic heterocycles. The molecule has 196 valence electrons. The molecule has 4 aliphatic carbocycles. The summed E-state index contributed by atoms with van der Waals surface area (Å²) in [5.41, 5.74) is 3.11. The summed E-state index contributed by atoms with van der Waals surface area (Å²) in [7, 11) is 0. The second-order valence-electron chi connectivity index (χ2n) is 13.0. The molecular formula is C31H43NO4. The minimum Gasteiger partial charge on any atom is -0.461 e. The zero-order valence-electron chi connectivity index (χ0n) is 22.2. The van der Waals surface area contributed by atoms with Gasteiger partial charge in [-0.15, -0.1) is 0 Å². The number of esters is 1. The van der Waals surface area contributed by atoms with E-state index in [0.29, 0.717) is 29.7 Å². The maximum atomic E-state index is 12.7. The first-order chi connectivity index (χ1) is 17.4. The number of hydrogen-bond acceptors (Lipinski definition) is 5. The lowest BCUT2D eigenvalue weighted by atomic mass is 9.46. The number of allylic oxidation sites excluding steroid dienone is 2. The molecule has 5 aliphatic rings. The number of fused-ring (bicyclic) bond motifs is 5. The standard InChI is InChI=1S/C31H43NO4/c1-30-14-12-23(36-29(34)19-32-16-4-3-5-17-32)18-22(30)7-8-24-26-10-9-25(21-6-11-28(33)35-20-21)31(26,2)15-13-27(24)30/h6,10-11,20,22-25,27H,3-5,7-9,12-19H2,1-2H3/t22-,23?,24+,25-,27+,30+,31-/m1/s1. The van der Waals surface area contributed by atoms with Gasteiger partial charge < -0.3 is 9.15 Å². The average molecular weight is 494 g/mol. The van der Waals surface area contributed by atoms with E-state index in [1.807, 2.05) is 6.07 Å². The zero-order chi connectivity index (χ0) is 24.9. The van der Waals surface area contributed by atoms with Crippen molar-refractivity contribution in [2.24, 2.45) is 28.6 Å². The molecule has 0 N–H and O–H groups in total. The highest BCUT2D eigenvalue weighted by atomic mass is 16.5. The Balaban J connectivity index is 1.11. The Kier molecular flexibility index (Phi) is 6.42. The lowest BCUT2D eigenvalue weighted by molar-refractivity contribution is -0.159. The fourth-order valence-electron chi connectivity index (χ4n) is 9.25. The van der Waals surface area contributed by atoms with Crippen LogP contribution in [0.1, 0.15) is 96.0 Å². The molecule has 0 aromatic carbocycles. The van der Waals surface area contributed by atoms with E-state index in [-0.39, 0.29) is 23.1 Å². The Hall–Kier alpha value is -1.88. The van der Waals surface area contributed by atoms with Crippen molar-refractivity contribution in [2.45, 2.75) is 96.5 Å². The van der Waals surface area contributed by atoms with Gasteiger partial charge in [-0.05, 0) is 123 Å². The first-order valence-electron chi connectivity index (χ1n) is 14.6. The molecule has 4 fully saturated rings. The number of hydrogen-bond donors (Lipinski definition) is 0. The van der Waals surface area contributed by atoms with Crippen molar-refractivity contribution < 1.29 is 13.9 Å². The van der Waals surface area contributed by atoms with Gasteiger partial charge in [0.2, 0.25) is 0 Å². The van der Waals surface area contributed by atoms with Crippen LogP contribution >= 0.6 is 0 Å². The maximum absolute atomic E-state index is 12.7. The van der Waals surface area contributed by atoms with Crippen LogP contribution in [-0.4, -0.2) is 36.6 Å². The van der Waals surface area contributed by atoms with Crippen molar-refractivity contribution in [1.82, 2.24) is 4.90 Å². The van der Waals surface area contributed by atoms with E-state index in [9.17, 15) is 9.59 Å². The van der Waals surface area contributed by atoms with Crippen LogP contribution < -0.4 is 5.63 Å².